The molecule has 1 aliphatic rings. The van der Waals surface area contributed by atoms with E-state index in [-0.39, 0.29) is 12.0 Å². The summed E-state index contributed by atoms with van der Waals surface area (Å²) in [6.07, 6.45) is 3.27. The van der Waals surface area contributed by atoms with Gasteiger partial charge in [0.2, 0.25) is 5.91 Å². The molecule has 0 N–H and O–H groups in total. The zero-order valence-electron chi connectivity index (χ0n) is 16.0. The van der Waals surface area contributed by atoms with Gasteiger partial charge >= 0.3 is 0 Å². The number of aromatic nitrogens is 1. The van der Waals surface area contributed by atoms with Crippen molar-refractivity contribution in [1.82, 2.24) is 4.98 Å². The quantitative estimate of drug-likeness (QED) is 0.592. The first kappa shape index (κ1) is 18.9. The molecule has 5 nitrogen and oxygen atoms in total. The van der Waals surface area contributed by atoms with Gasteiger partial charge in [-0.25, -0.2) is 4.98 Å². The van der Waals surface area contributed by atoms with Crippen LogP contribution in [0, 0.1) is 0 Å². The Bertz CT molecular complexity index is 935. The van der Waals surface area contributed by atoms with Gasteiger partial charge in [0.1, 0.15) is 11.3 Å². The Morgan fingerprint density at radius 3 is 2.86 bits per heavy atom. The lowest BCUT2D eigenvalue weighted by atomic mass is 10.1. The van der Waals surface area contributed by atoms with Gasteiger partial charge in [0.05, 0.1) is 24.5 Å². The molecule has 1 amide bonds. The second-order valence-electron chi connectivity index (χ2n) is 6.93. The Kier molecular flexibility index (Phi) is 5.88. The zero-order valence-corrected chi connectivity index (χ0v) is 16.8. The van der Waals surface area contributed by atoms with Crippen LogP contribution in [0.4, 0.5) is 5.13 Å². The van der Waals surface area contributed by atoms with E-state index in [1.165, 1.54) is 16.9 Å². The standard InChI is InChI=1S/C22H24N2O3S/c1-26-18-10-5-11-19-21(18)23-22(28-19)24(15-17-9-6-14-27-17)20(25)13-12-16-7-3-2-4-8-16/h2-5,7-8,10-11,17H,6,9,12-15H2,1H3. The fourth-order valence-corrected chi connectivity index (χ4v) is 4.51. The zero-order chi connectivity index (χ0) is 19.3. The maximum Gasteiger partial charge on any atom is 0.229 e. The van der Waals surface area contributed by atoms with E-state index in [9.17, 15) is 4.79 Å². The Morgan fingerprint density at radius 2 is 2.11 bits per heavy atom. The number of hydrogen-bond acceptors (Lipinski definition) is 5. The predicted octanol–water partition coefficient (Wildman–Crippen LogP) is 4.45. The third-order valence-electron chi connectivity index (χ3n) is 5.00. The number of aryl methyl sites for hydroxylation is 1. The fourth-order valence-electron chi connectivity index (χ4n) is 3.50. The van der Waals surface area contributed by atoms with E-state index in [1.807, 2.05) is 41.3 Å². The van der Waals surface area contributed by atoms with Gasteiger partial charge in [-0.3, -0.25) is 9.69 Å². The number of carbonyl (C=O) groups excluding carboxylic acids is 1. The number of anilines is 1. The largest absolute Gasteiger partial charge is 0.494 e. The van der Waals surface area contributed by atoms with Gasteiger partial charge in [-0.2, -0.15) is 0 Å². The van der Waals surface area contributed by atoms with Crippen LogP contribution in [-0.2, 0) is 16.0 Å². The molecular formula is C22H24N2O3S. The second kappa shape index (κ2) is 8.71. The van der Waals surface area contributed by atoms with E-state index in [0.717, 1.165) is 41.8 Å². The Morgan fingerprint density at radius 1 is 1.25 bits per heavy atom. The molecule has 146 valence electrons. The number of benzene rings is 2. The van der Waals surface area contributed by atoms with Crippen molar-refractivity contribution in [3.8, 4) is 5.75 Å². The van der Waals surface area contributed by atoms with Gasteiger partial charge in [-0.05, 0) is 37.0 Å². The number of carbonyl (C=O) groups is 1. The number of para-hydroxylation sites is 1. The van der Waals surface area contributed by atoms with Gasteiger partial charge < -0.3 is 9.47 Å². The summed E-state index contributed by atoms with van der Waals surface area (Å²) in [5.41, 5.74) is 1.97. The molecule has 1 saturated heterocycles. The highest BCUT2D eigenvalue weighted by atomic mass is 32.1. The van der Waals surface area contributed by atoms with Crippen molar-refractivity contribution in [3.63, 3.8) is 0 Å². The molecule has 1 atom stereocenters. The lowest BCUT2D eigenvalue weighted by molar-refractivity contribution is -0.119. The predicted molar refractivity (Wildman–Crippen MR) is 112 cm³/mol. The third-order valence-corrected chi connectivity index (χ3v) is 6.05. The first-order valence-electron chi connectivity index (χ1n) is 9.64. The van der Waals surface area contributed by atoms with Crippen molar-refractivity contribution in [2.75, 3.05) is 25.2 Å². The molecule has 2 heterocycles. The van der Waals surface area contributed by atoms with E-state index in [0.29, 0.717) is 18.1 Å². The highest BCUT2D eigenvalue weighted by molar-refractivity contribution is 7.22. The number of rotatable bonds is 7. The average molecular weight is 397 g/mol. The molecular weight excluding hydrogens is 372 g/mol. The molecule has 3 aromatic rings. The number of amides is 1. The molecule has 0 spiro atoms. The topological polar surface area (TPSA) is 51.7 Å². The minimum Gasteiger partial charge on any atom is -0.494 e. The summed E-state index contributed by atoms with van der Waals surface area (Å²) in [5, 5.41) is 0.716. The summed E-state index contributed by atoms with van der Waals surface area (Å²) in [5.74, 6) is 0.811. The summed E-state index contributed by atoms with van der Waals surface area (Å²) >= 11 is 1.53. The van der Waals surface area contributed by atoms with E-state index in [4.69, 9.17) is 14.5 Å². The first-order chi connectivity index (χ1) is 13.7. The average Bonchev–Trinajstić information content (AvgIpc) is 3.40. The lowest BCUT2D eigenvalue weighted by Crippen LogP contribution is -2.37. The van der Waals surface area contributed by atoms with Crippen molar-refractivity contribution in [3.05, 3.63) is 54.1 Å². The van der Waals surface area contributed by atoms with Gasteiger partial charge in [-0.15, -0.1) is 0 Å². The number of ether oxygens (including phenoxy) is 2. The number of thiazole rings is 1. The van der Waals surface area contributed by atoms with Crippen LogP contribution in [0.5, 0.6) is 5.75 Å². The molecule has 0 bridgehead atoms. The van der Waals surface area contributed by atoms with Crippen LogP contribution >= 0.6 is 11.3 Å². The van der Waals surface area contributed by atoms with Crippen LogP contribution in [-0.4, -0.2) is 37.3 Å². The van der Waals surface area contributed by atoms with Gasteiger partial charge in [-0.1, -0.05) is 47.7 Å². The van der Waals surface area contributed by atoms with Gasteiger partial charge in [0.15, 0.2) is 5.13 Å². The molecule has 1 aromatic heterocycles. The fraction of sp³-hybridized carbons (Fsp3) is 0.364. The molecule has 28 heavy (non-hydrogen) atoms. The van der Waals surface area contributed by atoms with Crippen LogP contribution in [0.1, 0.15) is 24.8 Å². The SMILES string of the molecule is COc1cccc2sc(N(CC3CCCO3)C(=O)CCc3ccccc3)nc12. The molecule has 0 radical (unpaired) electrons. The summed E-state index contributed by atoms with van der Waals surface area (Å²) in [7, 11) is 1.64. The lowest BCUT2D eigenvalue weighted by Gasteiger charge is -2.23. The summed E-state index contributed by atoms with van der Waals surface area (Å²) in [6.45, 7) is 1.32. The Hall–Kier alpha value is -2.44. The monoisotopic (exact) mass is 396 g/mol. The van der Waals surface area contributed by atoms with Crippen molar-refractivity contribution in [2.24, 2.45) is 0 Å². The number of methoxy groups -OCH3 is 1. The molecule has 4 rings (SSSR count). The van der Waals surface area contributed by atoms with E-state index < -0.39 is 0 Å². The van der Waals surface area contributed by atoms with Crippen LogP contribution in [0.3, 0.4) is 0 Å². The third kappa shape index (κ3) is 4.18. The molecule has 6 heteroatoms. The minimum atomic E-state index is 0.0783. The number of fused-ring (bicyclic) bond motifs is 1. The Labute approximate surface area is 168 Å². The van der Waals surface area contributed by atoms with Crippen LogP contribution in [0.2, 0.25) is 0 Å². The molecule has 1 unspecified atom stereocenters. The molecule has 1 aliphatic heterocycles. The second-order valence-corrected chi connectivity index (χ2v) is 7.94. The Balaban J connectivity index is 1.58. The molecule has 1 fully saturated rings. The number of nitrogens with zero attached hydrogens (tertiary/aromatic N) is 2. The van der Waals surface area contributed by atoms with E-state index in [2.05, 4.69) is 12.1 Å². The summed E-state index contributed by atoms with van der Waals surface area (Å²) in [4.78, 5) is 19.7. The van der Waals surface area contributed by atoms with Crippen molar-refractivity contribution < 1.29 is 14.3 Å². The van der Waals surface area contributed by atoms with Crippen molar-refractivity contribution in [2.45, 2.75) is 31.8 Å². The van der Waals surface area contributed by atoms with Gasteiger partial charge in [0.25, 0.3) is 0 Å². The van der Waals surface area contributed by atoms with Crippen LogP contribution in [0.15, 0.2) is 48.5 Å². The van der Waals surface area contributed by atoms with Gasteiger partial charge in [0, 0.05) is 13.0 Å². The molecule has 0 aliphatic carbocycles. The highest BCUT2D eigenvalue weighted by Crippen LogP contribution is 2.35. The smallest absolute Gasteiger partial charge is 0.229 e. The van der Waals surface area contributed by atoms with E-state index in [1.54, 1.807) is 7.11 Å². The highest BCUT2D eigenvalue weighted by Gasteiger charge is 2.26. The molecule has 2 aromatic carbocycles. The van der Waals surface area contributed by atoms with Crippen molar-refractivity contribution in [1.29, 1.82) is 0 Å². The first-order valence-corrected chi connectivity index (χ1v) is 10.5. The van der Waals surface area contributed by atoms with E-state index >= 15 is 0 Å². The van der Waals surface area contributed by atoms with Crippen LogP contribution in [0.25, 0.3) is 10.2 Å². The normalized spacial score (nSPS) is 16.4. The summed E-state index contributed by atoms with van der Waals surface area (Å²) < 4.78 is 12.2. The summed E-state index contributed by atoms with van der Waals surface area (Å²) in [6, 6.07) is 16.0. The van der Waals surface area contributed by atoms with Crippen molar-refractivity contribution >= 4 is 32.6 Å². The maximum atomic E-state index is 13.1. The minimum absolute atomic E-state index is 0.0783. The molecule has 0 saturated carbocycles. The van der Waals surface area contributed by atoms with Crippen LogP contribution < -0.4 is 9.64 Å². The maximum absolute atomic E-state index is 13.1. The number of hydrogen-bond donors (Lipinski definition) is 0.